The summed E-state index contributed by atoms with van der Waals surface area (Å²) in [5.41, 5.74) is 0. The van der Waals surface area contributed by atoms with Crippen LogP contribution in [0.25, 0.3) is 0 Å². The molecule has 0 radical (unpaired) electrons. The maximum atomic E-state index is 13.1. The van der Waals surface area contributed by atoms with Crippen LogP contribution in [0.4, 0.5) is 0 Å². The summed E-state index contributed by atoms with van der Waals surface area (Å²) in [6.45, 7) is 4.61. The van der Waals surface area contributed by atoms with E-state index in [1.165, 1.54) is 38.5 Å². The molecule has 106 heavy (non-hydrogen) atoms. The highest BCUT2D eigenvalue weighted by Crippen LogP contribution is 2.45. The van der Waals surface area contributed by atoms with Gasteiger partial charge >= 0.3 is 39.5 Å². The minimum absolute atomic E-state index is 0.0732. The Hall–Kier alpha value is -4.80. The predicted octanol–water partition coefficient (Wildman–Crippen LogP) is 24.4. The monoisotopic (exact) mass is 1530 g/mol. The first kappa shape index (κ1) is 101. The van der Waals surface area contributed by atoms with Crippen LogP contribution in [0.3, 0.4) is 0 Å². The molecular weight excluding hydrogens is 1380 g/mol. The van der Waals surface area contributed by atoms with Gasteiger partial charge in [0.15, 0.2) is 12.2 Å². The van der Waals surface area contributed by atoms with Gasteiger partial charge in [0.25, 0.3) is 0 Å². The SMILES string of the molecule is CC/C=C\C/C=C\C/C=C\C/C=C\CCCCCCCCC(=O)OCC(COP(=O)(O)OCC(O)COP(=O)(O)OCC(COC(=O)CCCCCCC/C=C\C/C=C\CCCCC)OC(=O)CCCCCCC/C=C\C/C=C\CCC)OC(=O)CCCCCCCC/C=C\C/C=C\C/C=C\CCCCC. The summed E-state index contributed by atoms with van der Waals surface area (Å²) >= 11 is 0. The number of aliphatic hydroxyl groups excluding tert-OH is 1. The molecule has 0 aromatic rings. The lowest BCUT2D eigenvalue weighted by Crippen LogP contribution is -2.30. The van der Waals surface area contributed by atoms with Gasteiger partial charge in [-0.15, -0.1) is 0 Å². The van der Waals surface area contributed by atoms with Gasteiger partial charge in [-0.1, -0.05) is 283 Å². The van der Waals surface area contributed by atoms with Crippen LogP contribution in [0.15, 0.2) is 134 Å². The zero-order chi connectivity index (χ0) is 77.4. The van der Waals surface area contributed by atoms with E-state index in [1.54, 1.807) is 0 Å². The van der Waals surface area contributed by atoms with Crippen LogP contribution < -0.4 is 0 Å². The summed E-state index contributed by atoms with van der Waals surface area (Å²) in [6.07, 6.45) is 88.4. The number of phosphoric ester groups is 2. The molecule has 608 valence electrons. The molecule has 0 saturated carbocycles. The Morgan fingerprint density at radius 1 is 0.274 bits per heavy atom. The molecule has 0 fully saturated rings. The standard InChI is InChI=1S/C87H148O17P2/c1-5-9-13-17-21-25-29-33-36-38-40-42-45-49-52-56-60-64-68-72-85(90)98-78-83(104-87(92)74-70-66-62-58-54-50-46-43-41-39-37-34-30-26-22-18-14-10-6-2)80-102-106(95,96)100-76-81(88)75-99-105(93,94)101-79-82(103-86(91)73-69-65-61-57-53-47-32-28-24-20-16-12-8-4)77-97-84(89)71-67-63-59-55-51-48-44-35-31-27-23-19-15-11-7-3/h9,13,16,20-23,25-28,32-37,40-44,81-83,88H,5-8,10-12,14-15,17-19,24,29-31,38-39,45-80H2,1-4H3,(H,93,94)(H,95,96)/b13-9-,20-16-,25-21-,26-22-,27-23-,32-28-,36-33-,37-34-,42-40-,43-41-,44-35-. The predicted molar refractivity (Wildman–Crippen MR) is 436 cm³/mol. The first-order chi connectivity index (χ1) is 51.7. The van der Waals surface area contributed by atoms with E-state index in [2.05, 4.69) is 161 Å². The van der Waals surface area contributed by atoms with E-state index in [4.69, 9.17) is 37.0 Å². The Labute approximate surface area is 644 Å². The van der Waals surface area contributed by atoms with Crippen LogP contribution in [-0.4, -0.2) is 96.7 Å². The second kappa shape index (κ2) is 78.3. The number of ether oxygens (including phenoxy) is 4. The number of carbonyl (C=O) groups is 4. The van der Waals surface area contributed by atoms with Crippen LogP contribution in [0.5, 0.6) is 0 Å². The van der Waals surface area contributed by atoms with Crippen LogP contribution in [0.2, 0.25) is 0 Å². The molecule has 0 aliphatic heterocycles. The Kier molecular flexibility index (Phi) is 74.8. The summed E-state index contributed by atoms with van der Waals surface area (Å²) in [5, 5.41) is 10.7. The Morgan fingerprint density at radius 2 is 0.509 bits per heavy atom. The summed E-state index contributed by atoms with van der Waals surface area (Å²) in [7, 11) is -9.98. The Bertz CT molecular complexity index is 2530. The minimum Gasteiger partial charge on any atom is -0.462 e. The molecule has 0 rings (SSSR count). The van der Waals surface area contributed by atoms with Gasteiger partial charge in [0.2, 0.25) is 0 Å². The van der Waals surface area contributed by atoms with Crippen molar-refractivity contribution in [3.05, 3.63) is 134 Å². The first-order valence-corrected chi connectivity index (χ1v) is 44.4. The van der Waals surface area contributed by atoms with Crippen molar-refractivity contribution < 1.29 is 80.2 Å². The van der Waals surface area contributed by atoms with Crippen LogP contribution in [0.1, 0.15) is 336 Å². The van der Waals surface area contributed by atoms with Crippen molar-refractivity contribution in [1.29, 1.82) is 0 Å². The van der Waals surface area contributed by atoms with E-state index >= 15 is 0 Å². The van der Waals surface area contributed by atoms with Crippen molar-refractivity contribution in [2.75, 3.05) is 39.6 Å². The van der Waals surface area contributed by atoms with Gasteiger partial charge in [0.05, 0.1) is 26.4 Å². The van der Waals surface area contributed by atoms with Gasteiger partial charge in [-0.2, -0.15) is 0 Å². The average molecular weight is 1530 g/mol. The fourth-order valence-corrected chi connectivity index (χ4v) is 12.3. The molecule has 0 heterocycles. The van der Waals surface area contributed by atoms with E-state index in [9.17, 15) is 43.2 Å². The number of allylic oxidation sites excluding steroid dienone is 22. The third-order valence-corrected chi connectivity index (χ3v) is 19.0. The number of hydrogen-bond donors (Lipinski definition) is 3. The summed E-state index contributed by atoms with van der Waals surface area (Å²) in [5.74, 6) is -2.23. The molecule has 3 N–H and O–H groups in total. The second-order valence-electron chi connectivity index (χ2n) is 27.3. The molecule has 0 bridgehead atoms. The highest BCUT2D eigenvalue weighted by atomic mass is 31.2. The lowest BCUT2D eigenvalue weighted by molar-refractivity contribution is -0.161. The highest BCUT2D eigenvalue weighted by molar-refractivity contribution is 7.47. The molecule has 0 amide bonds. The lowest BCUT2D eigenvalue weighted by Gasteiger charge is -2.21. The van der Waals surface area contributed by atoms with Crippen molar-refractivity contribution in [1.82, 2.24) is 0 Å². The number of carbonyl (C=O) groups excluding carboxylic acids is 4. The fraction of sp³-hybridized carbons (Fsp3) is 0.701. The van der Waals surface area contributed by atoms with Crippen molar-refractivity contribution in [3.63, 3.8) is 0 Å². The quantitative estimate of drug-likeness (QED) is 0.0169. The second-order valence-corrected chi connectivity index (χ2v) is 30.2. The third-order valence-electron chi connectivity index (χ3n) is 17.0. The van der Waals surface area contributed by atoms with Gasteiger partial charge in [-0.05, 0) is 161 Å². The lowest BCUT2D eigenvalue weighted by atomic mass is 10.1. The van der Waals surface area contributed by atoms with Gasteiger partial charge < -0.3 is 33.8 Å². The van der Waals surface area contributed by atoms with Gasteiger partial charge in [-0.3, -0.25) is 37.3 Å². The molecule has 5 unspecified atom stereocenters. The number of hydrogen-bond acceptors (Lipinski definition) is 15. The fourth-order valence-electron chi connectivity index (χ4n) is 10.8. The van der Waals surface area contributed by atoms with Crippen LogP contribution in [-0.2, 0) is 65.4 Å². The third kappa shape index (κ3) is 77.4. The molecule has 0 saturated heterocycles. The highest BCUT2D eigenvalue weighted by Gasteiger charge is 2.30. The smallest absolute Gasteiger partial charge is 0.462 e. The molecular formula is C87H148O17P2. The van der Waals surface area contributed by atoms with E-state index < -0.39 is 97.5 Å². The maximum Gasteiger partial charge on any atom is 0.472 e. The van der Waals surface area contributed by atoms with Crippen molar-refractivity contribution in [2.24, 2.45) is 0 Å². The van der Waals surface area contributed by atoms with Gasteiger partial charge in [0.1, 0.15) is 19.3 Å². The number of aliphatic hydroxyl groups is 1. The van der Waals surface area contributed by atoms with E-state index in [0.29, 0.717) is 25.7 Å². The maximum absolute atomic E-state index is 13.1. The van der Waals surface area contributed by atoms with E-state index in [1.807, 2.05) is 0 Å². The van der Waals surface area contributed by atoms with Crippen LogP contribution >= 0.6 is 15.6 Å². The number of unbranched alkanes of at least 4 members (excludes halogenated alkanes) is 29. The number of rotatable bonds is 77. The summed E-state index contributed by atoms with van der Waals surface area (Å²) in [6, 6.07) is 0. The molecule has 0 aromatic carbocycles. The molecule has 5 atom stereocenters. The van der Waals surface area contributed by atoms with Gasteiger partial charge in [0, 0.05) is 25.7 Å². The zero-order valence-electron chi connectivity index (χ0n) is 66.6. The molecule has 0 spiro atoms. The van der Waals surface area contributed by atoms with E-state index in [-0.39, 0.29) is 25.7 Å². The molecule has 17 nitrogen and oxygen atoms in total. The van der Waals surface area contributed by atoms with Crippen molar-refractivity contribution in [3.8, 4) is 0 Å². The summed E-state index contributed by atoms with van der Waals surface area (Å²) in [4.78, 5) is 73.1. The first-order valence-electron chi connectivity index (χ1n) is 41.4. The molecule has 0 aliphatic carbocycles. The zero-order valence-corrected chi connectivity index (χ0v) is 68.4. The average Bonchev–Trinajstić information content (AvgIpc) is 0.903. The topological polar surface area (TPSA) is 237 Å². The normalized spacial score (nSPS) is 14.5. The van der Waals surface area contributed by atoms with Gasteiger partial charge in [-0.25, -0.2) is 9.13 Å². The summed E-state index contributed by atoms with van der Waals surface area (Å²) < 4.78 is 68.7. The number of phosphoric acid groups is 2. The van der Waals surface area contributed by atoms with E-state index in [0.717, 1.165) is 218 Å². The van der Waals surface area contributed by atoms with Crippen LogP contribution in [0, 0.1) is 0 Å². The molecule has 19 heteroatoms. The number of esters is 4. The van der Waals surface area contributed by atoms with Crippen molar-refractivity contribution >= 4 is 39.5 Å². The minimum atomic E-state index is -4.99. The van der Waals surface area contributed by atoms with Crippen molar-refractivity contribution in [2.45, 2.75) is 354 Å². The Balaban J connectivity index is 5.40. The molecule has 0 aliphatic rings. The molecule has 0 aromatic heterocycles. The Morgan fingerprint density at radius 3 is 0.792 bits per heavy atom. The largest absolute Gasteiger partial charge is 0.472 e.